The van der Waals surface area contributed by atoms with Gasteiger partial charge in [0.15, 0.2) is 0 Å². The molecule has 0 radical (unpaired) electrons. The van der Waals surface area contributed by atoms with E-state index in [2.05, 4.69) is 10.1 Å². The predicted molar refractivity (Wildman–Crippen MR) is 67.2 cm³/mol. The Morgan fingerprint density at radius 2 is 1.74 bits per heavy atom. The summed E-state index contributed by atoms with van der Waals surface area (Å²) < 4.78 is 4.63. The second-order valence-electron chi connectivity index (χ2n) is 5.87. The highest BCUT2D eigenvalue weighted by molar-refractivity contribution is 5.93. The summed E-state index contributed by atoms with van der Waals surface area (Å²) in [5.74, 6) is -3.32. The average molecular weight is 271 g/mol. The molecule has 0 heterocycles. The van der Waals surface area contributed by atoms with Crippen LogP contribution >= 0.6 is 0 Å². The van der Waals surface area contributed by atoms with Gasteiger partial charge in [0.05, 0.1) is 18.9 Å². The van der Waals surface area contributed by atoms with Crippen LogP contribution in [-0.2, 0) is 19.1 Å². The molecule has 108 valence electrons. The van der Waals surface area contributed by atoms with Gasteiger partial charge >= 0.3 is 11.9 Å². The van der Waals surface area contributed by atoms with Crippen molar-refractivity contribution in [3.05, 3.63) is 0 Å². The van der Waals surface area contributed by atoms with Gasteiger partial charge in [0.2, 0.25) is 5.91 Å². The van der Waals surface area contributed by atoms with Crippen LogP contribution in [0.5, 0.6) is 0 Å². The van der Waals surface area contributed by atoms with Crippen molar-refractivity contribution in [3.63, 3.8) is 0 Å². The molecule has 1 saturated carbocycles. The van der Waals surface area contributed by atoms with Gasteiger partial charge in [-0.1, -0.05) is 27.7 Å². The Bertz CT molecular complexity index is 402. The Morgan fingerprint density at radius 3 is 2.05 bits per heavy atom. The normalized spacial score (nSPS) is 25.6. The zero-order valence-corrected chi connectivity index (χ0v) is 11.9. The van der Waals surface area contributed by atoms with Crippen LogP contribution in [0.15, 0.2) is 0 Å². The third-order valence-corrected chi connectivity index (χ3v) is 3.80. The highest BCUT2D eigenvalue weighted by Gasteiger charge is 2.66. The molecule has 0 aromatic rings. The van der Waals surface area contributed by atoms with Crippen LogP contribution in [0, 0.1) is 23.2 Å². The number of carboxylic acids is 1. The van der Waals surface area contributed by atoms with E-state index in [-0.39, 0.29) is 5.92 Å². The lowest BCUT2D eigenvalue weighted by molar-refractivity contribution is -0.146. The summed E-state index contributed by atoms with van der Waals surface area (Å²) in [5, 5.41) is 11.6. The van der Waals surface area contributed by atoms with E-state index < -0.39 is 41.1 Å². The first-order chi connectivity index (χ1) is 8.64. The lowest BCUT2D eigenvalue weighted by atomic mass is 10.0. The number of aliphatic carboxylic acids is 1. The summed E-state index contributed by atoms with van der Waals surface area (Å²) in [6, 6.07) is -0.747. The van der Waals surface area contributed by atoms with E-state index in [1.807, 2.05) is 0 Å². The summed E-state index contributed by atoms with van der Waals surface area (Å²) in [5.41, 5.74) is -0.576. The largest absolute Gasteiger partial charge is 0.481 e. The first-order valence-electron chi connectivity index (χ1n) is 6.25. The fourth-order valence-electron chi connectivity index (χ4n) is 2.46. The molecule has 6 nitrogen and oxygen atoms in total. The quantitative estimate of drug-likeness (QED) is 0.716. The standard InChI is InChI=1S/C13H21NO5/c1-6(2)9(12(18)19-5)14-10(15)7-8(11(16)17)13(7,3)4/h6-9H,1-5H3,(H,14,15)(H,16,17)/t7-,8+,9?/m1/s1. The number of amides is 1. The first kappa shape index (κ1) is 15.5. The maximum Gasteiger partial charge on any atom is 0.328 e. The van der Waals surface area contributed by atoms with Gasteiger partial charge in [-0.3, -0.25) is 9.59 Å². The molecular weight excluding hydrogens is 250 g/mol. The van der Waals surface area contributed by atoms with Gasteiger partial charge < -0.3 is 15.2 Å². The second-order valence-corrected chi connectivity index (χ2v) is 5.87. The van der Waals surface area contributed by atoms with Crippen molar-refractivity contribution >= 4 is 17.8 Å². The molecule has 1 amide bonds. The van der Waals surface area contributed by atoms with Crippen molar-refractivity contribution in [1.82, 2.24) is 5.32 Å². The number of carbonyl (C=O) groups is 3. The number of esters is 1. The van der Waals surface area contributed by atoms with Crippen molar-refractivity contribution < 1.29 is 24.2 Å². The molecule has 19 heavy (non-hydrogen) atoms. The van der Waals surface area contributed by atoms with E-state index in [1.54, 1.807) is 27.7 Å². The Balaban J connectivity index is 2.75. The lowest BCUT2D eigenvalue weighted by Gasteiger charge is -2.20. The van der Waals surface area contributed by atoms with Gasteiger partial charge in [0.25, 0.3) is 0 Å². The number of hydrogen-bond acceptors (Lipinski definition) is 4. The third kappa shape index (κ3) is 2.88. The van der Waals surface area contributed by atoms with Gasteiger partial charge in [-0.2, -0.15) is 0 Å². The number of nitrogens with one attached hydrogen (secondary N) is 1. The molecule has 3 atom stereocenters. The number of carboxylic acid groups (broad SMARTS) is 1. The monoisotopic (exact) mass is 271 g/mol. The van der Waals surface area contributed by atoms with E-state index in [1.165, 1.54) is 7.11 Å². The molecule has 1 aliphatic rings. The van der Waals surface area contributed by atoms with Crippen molar-refractivity contribution in [2.24, 2.45) is 23.2 Å². The van der Waals surface area contributed by atoms with Crippen molar-refractivity contribution in [2.45, 2.75) is 33.7 Å². The molecule has 1 fully saturated rings. The summed E-state index contributed by atoms with van der Waals surface area (Å²) in [6.45, 7) is 7.04. The summed E-state index contributed by atoms with van der Waals surface area (Å²) in [7, 11) is 1.25. The van der Waals surface area contributed by atoms with E-state index in [4.69, 9.17) is 5.11 Å². The number of rotatable bonds is 5. The molecule has 0 spiro atoms. The van der Waals surface area contributed by atoms with E-state index >= 15 is 0 Å². The molecule has 1 aliphatic carbocycles. The molecule has 1 rings (SSSR count). The minimum absolute atomic E-state index is 0.124. The fourth-order valence-corrected chi connectivity index (χ4v) is 2.46. The van der Waals surface area contributed by atoms with E-state index in [0.29, 0.717) is 0 Å². The fraction of sp³-hybridized carbons (Fsp3) is 0.769. The maximum absolute atomic E-state index is 12.1. The zero-order chi connectivity index (χ0) is 15.0. The van der Waals surface area contributed by atoms with Crippen LogP contribution < -0.4 is 5.32 Å². The third-order valence-electron chi connectivity index (χ3n) is 3.80. The Labute approximate surface area is 112 Å². The minimum Gasteiger partial charge on any atom is -0.481 e. The van der Waals surface area contributed by atoms with Crippen LogP contribution in [-0.4, -0.2) is 36.1 Å². The molecule has 0 aromatic heterocycles. The van der Waals surface area contributed by atoms with Crippen LogP contribution in [0.3, 0.4) is 0 Å². The van der Waals surface area contributed by atoms with Gasteiger partial charge in [-0.25, -0.2) is 4.79 Å². The van der Waals surface area contributed by atoms with Crippen LogP contribution in [0.1, 0.15) is 27.7 Å². The summed E-state index contributed by atoms with van der Waals surface area (Å²) in [6.07, 6.45) is 0. The number of carbonyl (C=O) groups excluding carboxylic acids is 2. The van der Waals surface area contributed by atoms with Crippen LogP contribution in [0.25, 0.3) is 0 Å². The average Bonchev–Trinajstić information content (AvgIpc) is 2.87. The van der Waals surface area contributed by atoms with Gasteiger partial charge in [0.1, 0.15) is 6.04 Å². The van der Waals surface area contributed by atoms with Gasteiger partial charge in [-0.05, 0) is 11.3 Å². The Hall–Kier alpha value is -1.59. The molecule has 2 N–H and O–H groups in total. The zero-order valence-electron chi connectivity index (χ0n) is 11.9. The topological polar surface area (TPSA) is 92.7 Å². The molecule has 0 bridgehead atoms. The maximum atomic E-state index is 12.1. The SMILES string of the molecule is COC(=O)C(NC(=O)[C@H]1[C@@H](C(=O)O)C1(C)C)C(C)C. The van der Waals surface area contributed by atoms with E-state index in [0.717, 1.165) is 0 Å². The molecule has 0 saturated heterocycles. The van der Waals surface area contributed by atoms with Gasteiger partial charge in [0, 0.05) is 0 Å². The Kier molecular flexibility index (Phi) is 4.22. The first-order valence-corrected chi connectivity index (χ1v) is 6.25. The molecular formula is C13H21NO5. The van der Waals surface area contributed by atoms with Crippen LogP contribution in [0.4, 0.5) is 0 Å². The number of ether oxygens (including phenoxy) is 1. The van der Waals surface area contributed by atoms with Crippen molar-refractivity contribution in [1.29, 1.82) is 0 Å². The number of hydrogen-bond donors (Lipinski definition) is 2. The molecule has 1 unspecified atom stereocenters. The predicted octanol–water partition coefficient (Wildman–Crippen LogP) is 0.657. The minimum atomic E-state index is -0.982. The van der Waals surface area contributed by atoms with Crippen molar-refractivity contribution in [3.8, 4) is 0 Å². The Morgan fingerprint density at radius 1 is 1.21 bits per heavy atom. The highest BCUT2D eigenvalue weighted by Crippen LogP contribution is 2.58. The molecule has 0 aliphatic heterocycles. The lowest BCUT2D eigenvalue weighted by Crippen LogP contribution is -2.46. The second kappa shape index (κ2) is 5.19. The van der Waals surface area contributed by atoms with Crippen molar-refractivity contribution in [2.75, 3.05) is 7.11 Å². The van der Waals surface area contributed by atoms with Gasteiger partial charge in [-0.15, -0.1) is 0 Å². The summed E-state index contributed by atoms with van der Waals surface area (Å²) in [4.78, 5) is 34.7. The smallest absolute Gasteiger partial charge is 0.328 e. The van der Waals surface area contributed by atoms with Crippen LogP contribution in [0.2, 0.25) is 0 Å². The molecule has 6 heteroatoms. The molecule has 0 aromatic carbocycles. The highest BCUT2D eigenvalue weighted by atomic mass is 16.5. The van der Waals surface area contributed by atoms with E-state index in [9.17, 15) is 14.4 Å². The number of methoxy groups -OCH3 is 1. The summed E-state index contributed by atoms with van der Waals surface area (Å²) >= 11 is 0.